The first-order valence-electron chi connectivity index (χ1n) is 8.01. The molecule has 1 aromatic rings. The molecule has 1 aromatic heterocycles. The van der Waals surface area contributed by atoms with Gasteiger partial charge in [0, 0.05) is 12.2 Å². The van der Waals surface area contributed by atoms with Crippen molar-refractivity contribution in [1.82, 2.24) is 14.9 Å². The fourth-order valence-electron chi connectivity index (χ4n) is 2.82. The Labute approximate surface area is 117 Å². The molecule has 19 heavy (non-hydrogen) atoms. The molecule has 0 saturated heterocycles. The highest BCUT2D eigenvalue weighted by Crippen LogP contribution is 2.20. The number of imidazole rings is 1. The lowest BCUT2D eigenvalue weighted by Gasteiger charge is -2.14. The molecular weight excluding hydrogens is 234 g/mol. The zero-order valence-corrected chi connectivity index (χ0v) is 12.6. The van der Waals surface area contributed by atoms with Crippen molar-refractivity contribution < 1.29 is 0 Å². The van der Waals surface area contributed by atoms with Crippen LogP contribution < -0.4 is 5.32 Å². The summed E-state index contributed by atoms with van der Waals surface area (Å²) in [5.41, 5.74) is 2.88. The highest BCUT2D eigenvalue weighted by Gasteiger charge is 2.14. The molecule has 1 N–H and O–H groups in total. The maximum Gasteiger partial charge on any atom is 0.0951 e. The van der Waals surface area contributed by atoms with Crippen LogP contribution in [0.15, 0.2) is 6.33 Å². The zero-order valence-electron chi connectivity index (χ0n) is 12.6. The largest absolute Gasteiger partial charge is 0.334 e. The molecule has 1 heterocycles. The first-order valence-corrected chi connectivity index (χ1v) is 8.01. The van der Waals surface area contributed by atoms with Crippen LogP contribution in [0.25, 0.3) is 0 Å². The third-order valence-corrected chi connectivity index (χ3v) is 3.92. The molecule has 0 unspecified atom stereocenters. The van der Waals surface area contributed by atoms with Gasteiger partial charge in [0.05, 0.1) is 12.0 Å². The second kappa shape index (κ2) is 7.68. The van der Waals surface area contributed by atoms with Crippen molar-refractivity contribution in [3.63, 3.8) is 0 Å². The van der Waals surface area contributed by atoms with Gasteiger partial charge in [-0.05, 0) is 57.5 Å². The van der Waals surface area contributed by atoms with E-state index in [2.05, 4.69) is 35.0 Å². The van der Waals surface area contributed by atoms with Crippen LogP contribution in [0.3, 0.4) is 0 Å². The van der Waals surface area contributed by atoms with Gasteiger partial charge in [-0.25, -0.2) is 4.98 Å². The van der Waals surface area contributed by atoms with Gasteiger partial charge in [0.2, 0.25) is 0 Å². The van der Waals surface area contributed by atoms with Crippen LogP contribution in [0.2, 0.25) is 0 Å². The number of hydrogen-bond acceptors (Lipinski definition) is 2. The van der Waals surface area contributed by atoms with E-state index in [0.29, 0.717) is 0 Å². The molecule has 0 atom stereocenters. The van der Waals surface area contributed by atoms with Crippen LogP contribution in [0.1, 0.15) is 57.3 Å². The van der Waals surface area contributed by atoms with Crippen molar-refractivity contribution in [2.75, 3.05) is 13.1 Å². The average Bonchev–Trinajstić information content (AvgIpc) is 2.81. The minimum absolute atomic E-state index is 0.762. The van der Waals surface area contributed by atoms with Gasteiger partial charge in [0.15, 0.2) is 0 Å². The van der Waals surface area contributed by atoms with Gasteiger partial charge < -0.3 is 9.88 Å². The Hall–Kier alpha value is -0.830. The van der Waals surface area contributed by atoms with E-state index in [1.54, 1.807) is 0 Å². The predicted octanol–water partition coefficient (Wildman–Crippen LogP) is 3.18. The first-order chi connectivity index (χ1) is 9.27. The maximum absolute atomic E-state index is 4.56. The normalized spacial score (nSPS) is 14.9. The van der Waals surface area contributed by atoms with Crippen molar-refractivity contribution in [3.8, 4) is 0 Å². The number of unbranched alkanes of at least 4 members (excludes halogenated alkanes) is 2. The van der Waals surface area contributed by atoms with E-state index in [9.17, 15) is 0 Å². The molecule has 108 valence electrons. The molecule has 0 saturated carbocycles. The quantitative estimate of drug-likeness (QED) is 0.730. The number of rotatable bonds is 8. The summed E-state index contributed by atoms with van der Waals surface area (Å²) >= 11 is 0. The lowest BCUT2D eigenvalue weighted by Crippen LogP contribution is -2.20. The lowest BCUT2D eigenvalue weighted by molar-refractivity contribution is 0.511. The molecule has 2 rings (SSSR count). The third kappa shape index (κ3) is 4.64. The number of fused-ring (bicyclic) bond motifs is 1. The van der Waals surface area contributed by atoms with E-state index >= 15 is 0 Å². The van der Waals surface area contributed by atoms with Crippen LogP contribution in [-0.4, -0.2) is 22.6 Å². The molecule has 0 spiro atoms. The second-order valence-electron chi connectivity index (χ2n) is 6.20. The lowest BCUT2D eigenvalue weighted by atomic mass is 10.0. The Balaban J connectivity index is 1.60. The van der Waals surface area contributed by atoms with Crippen molar-refractivity contribution in [2.24, 2.45) is 5.92 Å². The Morgan fingerprint density at radius 1 is 1.21 bits per heavy atom. The van der Waals surface area contributed by atoms with E-state index < -0.39 is 0 Å². The zero-order chi connectivity index (χ0) is 13.5. The monoisotopic (exact) mass is 263 g/mol. The van der Waals surface area contributed by atoms with Gasteiger partial charge in [-0.2, -0.15) is 0 Å². The molecule has 0 aromatic carbocycles. The molecule has 0 radical (unpaired) electrons. The summed E-state index contributed by atoms with van der Waals surface area (Å²) in [4.78, 5) is 4.56. The summed E-state index contributed by atoms with van der Waals surface area (Å²) in [7, 11) is 0. The van der Waals surface area contributed by atoms with Crippen molar-refractivity contribution in [2.45, 2.75) is 65.3 Å². The minimum atomic E-state index is 0.762. The molecule has 1 aliphatic carbocycles. The molecule has 0 aliphatic heterocycles. The Bertz CT molecular complexity index is 368. The van der Waals surface area contributed by atoms with Gasteiger partial charge in [0.25, 0.3) is 0 Å². The number of aryl methyl sites for hydroxylation is 2. The highest BCUT2D eigenvalue weighted by atomic mass is 15.1. The van der Waals surface area contributed by atoms with Crippen LogP contribution >= 0.6 is 0 Å². The summed E-state index contributed by atoms with van der Waals surface area (Å²) in [6.07, 6.45) is 11.1. The molecule has 0 amide bonds. The van der Waals surface area contributed by atoms with E-state index in [0.717, 1.165) is 19.0 Å². The van der Waals surface area contributed by atoms with Crippen molar-refractivity contribution in [1.29, 1.82) is 0 Å². The Morgan fingerprint density at radius 3 is 2.89 bits per heavy atom. The molecule has 1 aliphatic rings. The SMILES string of the molecule is CC(C)CNCCCCCn1cnc2c1CCCC2. The fraction of sp³-hybridized carbons (Fsp3) is 0.812. The molecule has 0 bridgehead atoms. The van der Waals surface area contributed by atoms with Crippen molar-refractivity contribution >= 4 is 0 Å². The van der Waals surface area contributed by atoms with Crippen LogP contribution in [0.5, 0.6) is 0 Å². The maximum atomic E-state index is 4.56. The first kappa shape index (κ1) is 14.6. The average molecular weight is 263 g/mol. The third-order valence-electron chi connectivity index (χ3n) is 3.92. The van der Waals surface area contributed by atoms with E-state index in [4.69, 9.17) is 0 Å². The molecular formula is C16H29N3. The minimum Gasteiger partial charge on any atom is -0.334 e. The summed E-state index contributed by atoms with van der Waals surface area (Å²) in [6.45, 7) is 7.99. The molecule has 3 nitrogen and oxygen atoms in total. The van der Waals surface area contributed by atoms with Gasteiger partial charge in [-0.15, -0.1) is 0 Å². The van der Waals surface area contributed by atoms with Gasteiger partial charge in [-0.3, -0.25) is 0 Å². The van der Waals surface area contributed by atoms with E-state index in [1.165, 1.54) is 62.9 Å². The highest BCUT2D eigenvalue weighted by molar-refractivity contribution is 5.16. The number of nitrogens with one attached hydrogen (secondary N) is 1. The van der Waals surface area contributed by atoms with Crippen molar-refractivity contribution in [3.05, 3.63) is 17.7 Å². The summed E-state index contributed by atoms with van der Waals surface area (Å²) in [5, 5.41) is 3.51. The predicted molar refractivity (Wildman–Crippen MR) is 80.4 cm³/mol. The Morgan fingerprint density at radius 2 is 2.05 bits per heavy atom. The Kier molecular flexibility index (Phi) is 5.90. The van der Waals surface area contributed by atoms with Crippen LogP contribution in [-0.2, 0) is 19.4 Å². The smallest absolute Gasteiger partial charge is 0.0951 e. The van der Waals surface area contributed by atoms with Gasteiger partial charge in [-0.1, -0.05) is 20.3 Å². The topological polar surface area (TPSA) is 29.9 Å². The van der Waals surface area contributed by atoms with E-state index in [-0.39, 0.29) is 0 Å². The number of aromatic nitrogens is 2. The van der Waals surface area contributed by atoms with Crippen LogP contribution in [0.4, 0.5) is 0 Å². The fourth-order valence-corrected chi connectivity index (χ4v) is 2.82. The standard InChI is InChI=1S/C16H29N3/c1-14(2)12-17-10-6-3-7-11-19-13-18-15-8-4-5-9-16(15)19/h13-14,17H,3-12H2,1-2H3. The summed E-state index contributed by atoms with van der Waals surface area (Å²) in [6, 6.07) is 0. The number of hydrogen-bond donors (Lipinski definition) is 1. The van der Waals surface area contributed by atoms with Crippen LogP contribution in [0, 0.1) is 5.92 Å². The van der Waals surface area contributed by atoms with Gasteiger partial charge >= 0.3 is 0 Å². The molecule has 0 fully saturated rings. The van der Waals surface area contributed by atoms with E-state index in [1.807, 2.05) is 0 Å². The summed E-state index contributed by atoms with van der Waals surface area (Å²) in [5.74, 6) is 0.762. The second-order valence-corrected chi connectivity index (χ2v) is 6.20. The van der Waals surface area contributed by atoms with Gasteiger partial charge in [0.1, 0.15) is 0 Å². The summed E-state index contributed by atoms with van der Waals surface area (Å²) < 4.78 is 2.40. The number of nitrogens with zero attached hydrogens (tertiary/aromatic N) is 2. The molecule has 3 heteroatoms.